The number of pyridine rings is 1. The summed E-state index contributed by atoms with van der Waals surface area (Å²) in [6, 6.07) is 13.9. The van der Waals surface area contributed by atoms with Gasteiger partial charge in [0.15, 0.2) is 0 Å². The van der Waals surface area contributed by atoms with E-state index >= 15 is 0 Å². The van der Waals surface area contributed by atoms with Crippen LogP contribution in [0.15, 0.2) is 54.9 Å². The molecule has 196 valence electrons. The maximum atomic E-state index is 14.6. The van der Waals surface area contributed by atoms with E-state index in [2.05, 4.69) is 35.2 Å². The lowest BCUT2D eigenvalue weighted by Gasteiger charge is -2.39. The summed E-state index contributed by atoms with van der Waals surface area (Å²) >= 11 is 0. The number of hydrogen-bond donors (Lipinski definition) is 0. The van der Waals surface area contributed by atoms with Gasteiger partial charge in [-0.25, -0.2) is 8.78 Å². The molecule has 1 aliphatic heterocycles. The lowest BCUT2D eigenvalue weighted by atomic mass is 9.66. The molecular formula is C30H26F2N6O. The van der Waals surface area contributed by atoms with Gasteiger partial charge < -0.3 is 4.74 Å². The van der Waals surface area contributed by atoms with Crippen LogP contribution >= 0.6 is 0 Å². The van der Waals surface area contributed by atoms with Crippen molar-refractivity contribution in [3.05, 3.63) is 83.4 Å². The fourth-order valence-corrected chi connectivity index (χ4v) is 7.10. The Morgan fingerprint density at radius 2 is 1.85 bits per heavy atom. The molecule has 39 heavy (non-hydrogen) atoms. The third kappa shape index (κ3) is 3.15. The van der Waals surface area contributed by atoms with Crippen molar-refractivity contribution in [1.29, 1.82) is 5.26 Å². The summed E-state index contributed by atoms with van der Waals surface area (Å²) in [6.07, 6.45) is 5.82. The van der Waals surface area contributed by atoms with Crippen LogP contribution in [-0.4, -0.2) is 38.2 Å². The summed E-state index contributed by atoms with van der Waals surface area (Å²) in [7, 11) is 0. The molecule has 9 heteroatoms. The number of nitrogens with zero attached hydrogens (tertiary/aromatic N) is 6. The quantitative estimate of drug-likeness (QED) is 0.341. The summed E-state index contributed by atoms with van der Waals surface area (Å²) in [5.74, 6) is -1.14. The molecule has 0 unspecified atom stereocenters. The first-order chi connectivity index (χ1) is 18.8. The van der Waals surface area contributed by atoms with Crippen LogP contribution in [-0.2, 0) is 15.7 Å². The van der Waals surface area contributed by atoms with Crippen LogP contribution < -0.4 is 0 Å². The largest absolute Gasteiger partial charge is 0.376 e. The normalized spacial score (nSPS) is 23.7. The molecule has 3 aliphatic rings. The Morgan fingerprint density at radius 3 is 2.56 bits per heavy atom. The van der Waals surface area contributed by atoms with Crippen LogP contribution in [0, 0.1) is 28.4 Å². The van der Waals surface area contributed by atoms with Crippen molar-refractivity contribution in [2.75, 3.05) is 13.2 Å². The van der Waals surface area contributed by atoms with Gasteiger partial charge in [-0.2, -0.15) is 15.5 Å². The number of fused-ring (bicyclic) bond motifs is 5. The monoisotopic (exact) mass is 524 g/mol. The third-order valence-corrected chi connectivity index (χ3v) is 9.30. The highest BCUT2D eigenvalue weighted by molar-refractivity contribution is 5.65. The second kappa shape index (κ2) is 8.23. The zero-order valence-electron chi connectivity index (χ0n) is 21.7. The van der Waals surface area contributed by atoms with Crippen LogP contribution in [0.5, 0.6) is 0 Å². The number of aromatic nitrogens is 5. The summed E-state index contributed by atoms with van der Waals surface area (Å²) in [6.45, 7) is 5.37. The van der Waals surface area contributed by atoms with Crippen LogP contribution in [0.4, 0.5) is 8.78 Å². The minimum absolute atomic E-state index is 0.148. The minimum Gasteiger partial charge on any atom is -0.376 e. The Morgan fingerprint density at radius 1 is 1.08 bits per heavy atom. The molecule has 7 rings (SSSR count). The van der Waals surface area contributed by atoms with Crippen molar-refractivity contribution in [2.24, 2.45) is 5.41 Å². The third-order valence-electron chi connectivity index (χ3n) is 9.30. The fourth-order valence-electron chi connectivity index (χ4n) is 7.10. The molecule has 4 aromatic rings. The standard InChI is InChI=1S/C30H26F2N6O/c1-28(2)20-9-10-30(28,27-19(20)13-24(36-37-27)26-21(31)5-3-6-22(26)32)25-8-4-7-23(35-25)18-14-34-38(15-18)29(11-12-33)16-39-17-29/h3-8,13-15,20H,9-11,16-17H2,1-2H3/t20-,30-/m0/s1. The van der Waals surface area contributed by atoms with Crippen molar-refractivity contribution in [3.8, 4) is 28.6 Å². The maximum absolute atomic E-state index is 14.6. The van der Waals surface area contributed by atoms with E-state index in [1.807, 2.05) is 35.1 Å². The first kappa shape index (κ1) is 24.0. The Balaban J connectivity index is 1.31. The van der Waals surface area contributed by atoms with Crippen molar-refractivity contribution >= 4 is 0 Å². The molecular weight excluding hydrogens is 498 g/mol. The number of halogens is 2. The van der Waals surface area contributed by atoms with Crippen molar-refractivity contribution in [1.82, 2.24) is 25.0 Å². The fraction of sp³-hybridized carbons (Fsp3) is 0.367. The van der Waals surface area contributed by atoms with Crippen LogP contribution in [0.25, 0.3) is 22.5 Å². The van der Waals surface area contributed by atoms with E-state index in [9.17, 15) is 14.0 Å². The van der Waals surface area contributed by atoms with Crippen LogP contribution in [0.3, 0.4) is 0 Å². The zero-order valence-corrected chi connectivity index (χ0v) is 21.7. The van der Waals surface area contributed by atoms with E-state index in [4.69, 9.17) is 9.72 Å². The van der Waals surface area contributed by atoms with Gasteiger partial charge in [0.05, 0.1) is 65.7 Å². The van der Waals surface area contributed by atoms with Gasteiger partial charge in [0.2, 0.25) is 0 Å². The molecule has 7 nitrogen and oxygen atoms in total. The topological polar surface area (TPSA) is 89.5 Å². The summed E-state index contributed by atoms with van der Waals surface area (Å²) < 4.78 is 36.4. The molecule has 0 spiro atoms. The van der Waals surface area contributed by atoms with E-state index in [1.54, 1.807) is 6.20 Å². The van der Waals surface area contributed by atoms with Gasteiger partial charge in [0.25, 0.3) is 0 Å². The van der Waals surface area contributed by atoms with Gasteiger partial charge in [-0.05, 0) is 60.1 Å². The van der Waals surface area contributed by atoms with E-state index in [-0.39, 0.29) is 22.6 Å². The second-order valence-electron chi connectivity index (χ2n) is 11.5. The van der Waals surface area contributed by atoms with Gasteiger partial charge in [0, 0.05) is 11.8 Å². The van der Waals surface area contributed by atoms with Gasteiger partial charge in [0.1, 0.15) is 17.2 Å². The van der Waals surface area contributed by atoms with Crippen molar-refractivity contribution in [3.63, 3.8) is 0 Å². The molecule has 4 heterocycles. The number of hydrogen-bond acceptors (Lipinski definition) is 6. The number of nitriles is 1. The van der Waals surface area contributed by atoms with Crippen molar-refractivity contribution in [2.45, 2.75) is 50.0 Å². The number of rotatable bonds is 5. The first-order valence-corrected chi connectivity index (χ1v) is 13.1. The van der Waals surface area contributed by atoms with E-state index in [1.165, 1.54) is 18.2 Å². The number of ether oxygens (including phenoxy) is 1. The molecule has 0 radical (unpaired) electrons. The van der Waals surface area contributed by atoms with E-state index < -0.39 is 22.6 Å². The van der Waals surface area contributed by atoms with Gasteiger partial charge in [-0.1, -0.05) is 26.0 Å². The van der Waals surface area contributed by atoms with Gasteiger partial charge in [-0.15, -0.1) is 5.10 Å². The average molecular weight is 525 g/mol. The number of benzene rings is 1. The molecule has 2 bridgehead atoms. The summed E-state index contributed by atoms with van der Waals surface area (Å²) in [5, 5.41) is 22.8. The lowest BCUT2D eigenvalue weighted by molar-refractivity contribution is -0.104. The lowest BCUT2D eigenvalue weighted by Crippen LogP contribution is -2.51. The highest BCUT2D eigenvalue weighted by Gasteiger charge is 2.65. The Hall–Kier alpha value is -4.03. The van der Waals surface area contributed by atoms with Crippen LogP contribution in [0.2, 0.25) is 0 Å². The predicted octanol–water partition coefficient (Wildman–Crippen LogP) is 5.52. The highest BCUT2D eigenvalue weighted by atomic mass is 19.1. The molecule has 0 amide bonds. The first-order valence-electron chi connectivity index (χ1n) is 13.1. The maximum Gasteiger partial charge on any atom is 0.135 e. The molecule has 1 saturated heterocycles. The molecule has 0 N–H and O–H groups in total. The summed E-state index contributed by atoms with van der Waals surface area (Å²) in [5.41, 5.74) is 3.29. The molecule has 2 aliphatic carbocycles. The molecule has 1 aromatic carbocycles. The van der Waals surface area contributed by atoms with Crippen LogP contribution in [0.1, 0.15) is 56.0 Å². The average Bonchev–Trinajstić information content (AvgIpc) is 3.55. The van der Waals surface area contributed by atoms with Gasteiger partial charge >= 0.3 is 0 Å². The van der Waals surface area contributed by atoms with E-state index in [0.29, 0.717) is 19.6 Å². The van der Waals surface area contributed by atoms with Crippen molar-refractivity contribution < 1.29 is 13.5 Å². The predicted molar refractivity (Wildman–Crippen MR) is 138 cm³/mol. The minimum atomic E-state index is -0.652. The van der Waals surface area contributed by atoms with E-state index in [0.717, 1.165) is 41.1 Å². The summed E-state index contributed by atoms with van der Waals surface area (Å²) in [4.78, 5) is 5.15. The molecule has 2 atom stereocenters. The molecule has 2 fully saturated rings. The van der Waals surface area contributed by atoms with Gasteiger partial charge in [-0.3, -0.25) is 9.67 Å². The Bertz CT molecular complexity index is 1650. The Kier molecular flexibility index (Phi) is 5.08. The smallest absolute Gasteiger partial charge is 0.135 e. The highest BCUT2D eigenvalue weighted by Crippen LogP contribution is 2.69. The molecule has 1 saturated carbocycles. The molecule has 3 aromatic heterocycles. The Labute approximate surface area is 224 Å². The second-order valence-corrected chi connectivity index (χ2v) is 11.5. The SMILES string of the molecule is CC1(C)[C@H]2CC[C@]1(c1cccc(-c3cnn(C4(CC#N)COC4)c3)n1)c1nnc(-c3c(F)cccc3F)cc12. The zero-order chi connectivity index (χ0) is 27.0.